The first-order chi connectivity index (χ1) is 11.7. The lowest BCUT2D eigenvalue weighted by molar-refractivity contribution is 0.355. The Balaban J connectivity index is 1.78. The minimum Gasteiger partial charge on any atom is -0.493 e. The first-order valence-corrected chi connectivity index (χ1v) is 8.58. The van der Waals surface area contributed by atoms with Crippen molar-refractivity contribution in [2.75, 3.05) is 20.0 Å². The maximum absolute atomic E-state index is 5.97. The van der Waals surface area contributed by atoms with Crippen LogP contribution in [0.5, 0.6) is 11.5 Å². The van der Waals surface area contributed by atoms with Crippen molar-refractivity contribution in [1.82, 2.24) is 5.43 Å². The quantitative estimate of drug-likeness (QED) is 0.891. The van der Waals surface area contributed by atoms with E-state index in [1.807, 2.05) is 42.5 Å². The number of benzene rings is 2. The van der Waals surface area contributed by atoms with Gasteiger partial charge >= 0.3 is 0 Å². The van der Waals surface area contributed by atoms with Gasteiger partial charge in [-0.25, -0.2) is 4.99 Å². The van der Waals surface area contributed by atoms with Crippen molar-refractivity contribution in [3.63, 3.8) is 0 Å². The summed E-state index contributed by atoms with van der Waals surface area (Å²) in [4.78, 5) is 4.50. The number of ether oxygens (including phenoxy) is 2. The highest BCUT2D eigenvalue weighted by atomic mass is 35.5. The zero-order chi connectivity index (χ0) is 16.9. The van der Waals surface area contributed by atoms with Crippen molar-refractivity contribution in [2.24, 2.45) is 10.1 Å². The van der Waals surface area contributed by atoms with E-state index in [0.717, 1.165) is 22.1 Å². The number of aliphatic imine (C=N–C) groups is 1. The lowest BCUT2D eigenvalue weighted by atomic mass is 10.1. The average Bonchev–Trinajstić information content (AvgIpc) is 2.62. The Morgan fingerprint density at radius 2 is 1.96 bits per heavy atom. The Labute approximate surface area is 149 Å². The van der Waals surface area contributed by atoms with Gasteiger partial charge in [-0.1, -0.05) is 29.4 Å². The van der Waals surface area contributed by atoms with E-state index < -0.39 is 0 Å². The monoisotopic (exact) mass is 361 g/mol. The molecule has 0 spiro atoms. The van der Waals surface area contributed by atoms with Gasteiger partial charge in [0.05, 0.1) is 25.6 Å². The predicted molar refractivity (Wildman–Crippen MR) is 100 cm³/mol. The molecule has 3 rings (SSSR count). The Morgan fingerprint density at radius 3 is 2.62 bits per heavy atom. The van der Waals surface area contributed by atoms with Crippen molar-refractivity contribution in [1.29, 1.82) is 0 Å². The molecule has 1 aliphatic rings. The minimum atomic E-state index is 0.659. The number of hydrogen-bond acceptors (Lipinski definition) is 5. The van der Waals surface area contributed by atoms with Crippen LogP contribution in [-0.4, -0.2) is 30.9 Å². The molecular formula is C17H16ClN3O2S. The maximum atomic E-state index is 5.97. The van der Waals surface area contributed by atoms with Crippen LogP contribution in [0.25, 0.3) is 0 Å². The van der Waals surface area contributed by atoms with Crippen molar-refractivity contribution in [2.45, 2.75) is 0 Å². The SMILES string of the molecule is COc1ccc(C2=NNC(=Nc3cccc(Cl)c3)SC2)cc1OC. The predicted octanol–water partition coefficient (Wildman–Crippen LogP) is 4.09. The van der Waals surface area contributed by atoms with Crippen LogP contribution in [0.1, 0.15) is 5.56 Å². The second-order valence-electron chi connectivity index (χ2n) is 4.93. The summed E-state index contributed by atoms with van der Waals surface area (Å²) in [5.41, 5.74) is 5.68. The van der Waals surface area contributed by atoms with Gasteiger partial charge in [-0.2, -0.15) is 5.10 Å². The van der Waals surface area contributed by atoms with Gasteiger partial charge < -0.3 is 9.47 Å². The van der Waals surface area contributed by atoms with Crippen LogP contribution in [-0.2, 0) is 0 Å². The van der Waals surface area contributed by atoms with Gasteiger partial charge in [0.25, 0.3) is 0 Å². The fraction of sp³-hybridized carbons (Fsp3) is 0.176. The number of hydrogen-bond donors (Lipinski definition) is 1. The van der Waals surface area contributed by atoms with Gasteiger partial charge in [0, 0.05) is 16.3 Å². The van der Waals surface area contributed by atoms with E-state index in [2.05, 4.69) is 15.5 Å². The molecule has 0 radical (unpaired) electrons. The Hall–Kier alpha value is -2.18. The summed E-state index contributed by atoms with van der Waals surface area (Å²) in [5.74, 6) is 2.09. The molecule has 2 aromatic rings. The fourth-order valence-electron chi connectivity index (χ4n) is 2.20. The third-order valence-electron chi connectivity index (χ3n) is 3.39. The van der Waals surface area contributed by atoms with Gasteiger partial charge in [-0.15, -0.1) is 0 Å². The average molecular weight is 362 g/mol. The van der Waals surface area contributed by atoms with Crippen LogP contribution in [0.3, 0.4) is 0 Å². The Morgan fingerprint density at radius 1 is 1.12 bits per heavy atom. The summed E-state index contributed by atoms with van der Waals surface area (Å²) in [5, 5.41) is 5.81. The molecule has 1 heterocycles. The van der Waals surface area contributed by atoms with Crippen LogP contribution >= 0.6 is 23.4 Å². The van der Waals surface area contributed by atoms with Crippen molar-refractivity contribution in [3.05, 3.63) is 53.1 Å². The van der Waals surface area contributed by atoms with Crippen molar-refractivity contribution < 1.29 is 9.47 Å². The number of thioether (sulfide) groups is 1. The van der Waals surface area contributed by atoms with E-state index in [0.29, 0.717) is 22.3 Å². The minimum absolute atomic E-state index is 0.659. The molecule has 0 fully saturated rings. The third kappa shape index (κ3) is 3.83. The fourth-order valence-corrected chi connectivity index (χ4v) is 3.17. The number of nitrogens with zero attached hydrogens (tertiary/aromatic N) is 2. The van der Waals surface area contributed by atoms with Crippen LogP contribution in [0.4, 0.5) is 5.69 Å². The highest BCUT2D eigenvalue weighted by Gasteiger charge is 2.15. The second-order valence-corrected chi connectivity index (χ2v) is 6.33. The molecule has 0 amide bonds. The molecule has 124 valence electrons. The first kappa shape index (κ1) is 16.7. The number of hydrazone groups is 1. The summed E-state index contributed by atoms with van der Waals surface area (Å²) >= 11 is 7.56. The molecule has 0 aromatic heterocycles. The zero-order valence-electron chi connectivity index (χ0n) is 13.2. The summed E-state index contributed by atoms with van der Waals surface area (Å²) < 4.78 is 10.6. The number of amidine groups is 1. The van der Waals surface area contributed by atoms with E-state index in [1.165, 1.54) is 0 Å². The smallest absolute Gasteiger partial charge is 0.182 e. The summed E-state index contributed by atoms with van der Waals surface area (Å²) in [6.07, 6.45) is 0. The highest BCUT2D eigenvalue weighted by Crippen LogP contribution is 2.29. The first-order valence-electron chi connectivity index (χ1n) is 7.21. The lowest BCUT2D eigenvalue weighted by Crippen LogP contribution is -2.25. The molecule has 1 aliphatic heterocycles. The van der Waals surface area contributed by atoms with E-state index in [9.17, 15) is 0 Å². The number of rotatable bonds is 4. The molecule has 24 heavy (non-hydrogen) atoms. The van der Waals surface area contributed by atoms with E-state index in [-0.39, 0.29) is 0 Å². The summed E-state index contributed by atoms with van der Waals surface area (Å²) in [6, 6.07) is 13.1. The normalized spacial score (nSPS) is 15.6. The Kier molecular flexibility index (Phi) is 5.27. The lowest BCUT2D eigenvalue weighted by Gasteiger charge is -2.16. The molecule has 0 aliphatic carbocycles. The third-order valence-corrected chi connectivity index (χ3v) is 4.50. The van der Waals surface area contributed by atoms with Gasteiger partial charge in [0.2, 0.25) is 0 Å². The Bertz CT molecular complexity index is 808. The molecule has 0 bridgehead atoms. The molecule has 7 heteroatoms. The molecule has 2 aromatic carbocycles. The molecular weight excluding hydrogens is 346 g/mol. The second kappa shape index (κ2) is 7.59. The molecule has 0 saturated carbocycles. The highest BCUT2D eigenvalue weighted by molar-refractivity contribution is 8.14. The number of halogens is 1. The van der Waals surface area contributed by atoms with E-state index >= 15 is 0 Å². The summed E-state index contributed by atoms with van der Waals surface area (Å²) in [6.45, 7) is 0. The van der Waals surface area contributed by atoms with Gasteiger partial charge in [0.15, 0.2) is 16.7 Å². The van der Waals surface area contributed by atoms with Gasteiger partial charge in [-0.05, 0) is 36.4 Å². The zero-order valence-corrected chi connectivity index (χ0v) is 14.8. The van der Waals surface area contributed by atoms with Crippen LogP contribution in [0.15, 0.2) is 52.6 Å². The maximum Gasteiger partial charge on any atom is 0.182 e. The largest absolute Gasteiger partial charge is 0.493 e. The standard InChI is InChI=1S/C17H16ClN3O2S/c1-22-15-7-6-11(8-16(15)23-2)14-10-24-17(21-20-14)19-13-5-3-4-12(18)9-13/h3-9H,10H2,1-2H3,(H,19,21). The topological polar surface area (TPSA) is 55.2 Å². The molecule has 5 nitrogen and oxygen atoms in total. The van der Waals surface area contributed by atoms with Crippen molar-refractivity contribution in [3.8, 4) is 11.5 Å². The molecule has 0 unspecified atom stereocenters. The number of nitrogens with one attached hydrogen (secondary N) is 1. The van der Waals surface area contributed by atoms with Crippen LogP contribution < -0.4 is 14.9 Å². The van der Waals surface area contributed by atoms with E-state index in [4.69, 9.17) is 21.1 Å². The molecule has 0 saturated heterocycles. The van der Waals surface area contributed by atoms with Gasteiger partial charge in [0.1, 0.15) is 0 Å². The molecule has 1 N–H and O–H groups in total. The van der Waals surface area contributed by atoms with Gasteiger partial charge in [-0.3, -0.25) is 5.43 Å². The van der Waals surface area contributed by atoms with E-state index in [1.54, 1.807) is 26.0 Å². The number of methoxy groups -OCH3 is 2. The molecule has 0 atom stereocenters. The van der Waals surface area contributed by atoms with Crippen LogP contribution in [0, 0.1) is 0 Å². The van der Waals surface area contributed by atoms with Crippen molar-refractivity contribution >= 4 is 39.9 Å². The van der Waals surface area contributed by atoms with Crippen LogP contribution in [0.2, 0.25) is 5.02 Å². The summed E-state index contributed by atoms with van der Waals surface area (Å²) in [7, 11) is 3.23.